The minimum atomic E-state index is -3.75. The van der Waals surface area contributed by atoms with Crippen molar-refractivity contribution in [3.63, 3.8) is 0 Å². The molecular formula is C8H9N3O4S. The van der Waals surface area contributed by atoms with Crippen LogP contribution in [0, 0.1) is 10.1 Å². The number of sulfonamides is 1. The number of rotatable bonds is 2. The third-order valence-electron chi connectivity index (χ3n) is 2.45. The summed E-state index contributed by atoms with van der Waals surface area (Å²) >= 11 is 0. The Morgan fingerprint density at radius 3 is 2.69 bits per heavy atom. The van der Waals surface area contributed by atoms with Gasteiger partial charge in [-0.1, -0.05) is 5.01 Å². The minimum Gasteiger partial charge on any atom is -0.234 e. The van der Waals surface area contributed by atoms with E-state index < -0.39 is 15.1 Å². The Labute approximate surface area is 91.6 Å². The summed E-state index contributed by atoms with van der Waals surface area (Å²) in [6.45, 7) is 0.246. The van der Waals surface area contributed by atoms with Crippen LogP contribution >= 0.6 is 0 Å². The lowest BCUT2D eigenvalue weighted by Crippen LogP contribution is -2.27. The molecule has 0 unspecified atom stereocenters. The second kappa shape index (κ2) is 3.42. The molecule has 0 aliphatic carbocycles. The van der Waals surface area contributed by atoms with Crippen molar-refractivity contribution in [3.05, 3.63) is 33.9 Å². The van der Waals surface area contributed by atoms with Crippen LogP contribution in [0.15, 0.2) is 23.1 Å². The van der Waals surface area contributed by atoms with E-state index in [1.54, 1.807) is 0 Å². The topological polar surface area (TPSA) is 107 Å². The Kier molecular flexibility index (Phi) is 2.32. The second-order valence-corrected chi connectivity index (χ2v) is 5.01. The van der Waals surface area contributed by atoms with Crippen LogP contribution in [0.25, 0.3) is 0 Å². The molecule has 1 aliphatic heterocycles. The number of nitrogens with zero attached hydrogens (tertiary/aromatic N) is 2. The van der Waals surface area contributed by atoms with E-state index in [2.05, 4.69) is 0 Å². The van der Waals surface area contributed by atoms with E-state index >= 15 is 0 Å². The molecule has 86 valence electrons. The van der Waals surface area contributed by atoms with Gasteiger partial charge in [-0.2, -0.15) is 0 Å². The first kappa shape index (κ1) is 10.8. The van der Waals surface area contributed by atoms with E-state index in [4.69, 9.17) is 5.14 Å². The molecule has 1 heterocycles. The number of nitro groups is 1. The third-order valence-corrected chi connectivity index (χ3v) is 3.36. The summed E-state index contributed by atoms with van der Waals surface area (Å²) in [6.07, 6.45) is 0.444. The fraction of sp³-hybridized carbons (Fsp3) is 0.250. The van der Waals surface area contributed by atoms with Crippen molar-refractivity contribution in [3.8, 4) is 0 Å². The van der Waals surface area contributed by atoms with E-state index in [-0.39, 0.29) is 11.4 Å². The zero-order valence-electron chi connectivity index (χ0n) is 8.16. The number of primary sulfonamides is 1. The Balaban J connectivity index is 2.48. The van der Waals surface area contributed by atoms with Crippen molar-refractivity contribution < 1.29 is 13.5 Å². The van der Waals surface area contributed by atoms with E-state index in [0.29, 0.717) is 17.7 Å². The highest BCUT2D eigenvalue weighted by molar-refractivity contribution is 7.89. The number of anilines is 1. The lowest BCUT2D eigenvalue weighted by Gasteiger charge is -2.07. The normalized spacial score (nSPS) is 14.9. The summed E-state index contributed by atoms with van der Waals surface area (Å²) in [6, 6.07) is 4.06. The van der Waals surface area contributed by atoms with Gasteiger partial charge in [0.1, 0.15) is 5.69 Å². The molecule has 0 aromatic heterocycles. The van der Waals surface area contributed by atoms with Crippen LogP contribution in [-0.4, -0.2) is 20.0 Å². The summed E-state index contributed by atoms with van der Waals surface area (Å²) in [5, 5.41) is 16.1. The van der Waals surface area contributed by atoms with Gasteiger partial charge < -0.3 is 0 Å². The monoisotopic (exact) mass is 243 g/mol. The first-order valence-corrected chi connectivity index (χ1v) is 6.02. The Morgan fingerprint density at radius 2 is 2.12 bits per heavy atom. The molecule has 0 amide bonds. The maximum atomic E-state index is 11.1. The molecule has 1 aliphatic rings. The smallest absolute Gasteiger partial charge is 0.234 e. The first-order chi connectivity index (χ1) is 7.39. The van der Waals surface area contributed by atoms with Crippen LogP contribution in [0.3, 0.4) is 0 Å². The van der Waals surface area contributed by atoms with Crippen LogP contribution in [0.1, 0.15) is 5.56 Å². The van der Waals surface area contributed by atoms with Crippen LogP contribution in [-0.2, 0) is 16.4 Å². The molecule has 8 heteroatoms. The lowest BCUT2D eigenvalue weighted by atomic mass is 10.2. The van der Waals surface area contributed by atoms with Crippen LogP contribution in [0.2, 0.25) is 0 Å². The number of hydrazine groups is 1. The molecule has 0 bridgehead atoms. The second-order valence-electron chi connectivity index (χ2n) is 3.45. The SMILES string of the molecule is NS(=O)(=O)c1ccc2c(c1)CCN2[N+](=O)[O-]. The molecule has 0 fully saturated rings. The van der Waals surface area contributed by atoms with Gasteiger partial charge in [-0.05, 0) is 30.2 Å². The van der Waals surface area contributed by atoms with Crippen molar-refractivity contribution >= 4 is 15.7 Å². The summed E-state index contributed by atoms with van der Waals surface area (Å²) in [5.41, 5.74) is 1.06. The molecule has 0 saturated carbocycles. The molecule has 1 aromatic carbocycles. The number of nitrogens with two attached hydrogens (primary N) is 1. The average Bonchev–Trinajstić information content (AvgIpc) is 2.58. The molecule has 16 heavy (non-hydrogen) atoms. The van der Waals surface area contributed by atoms with Gasteiger partial charge in [-0.25, -0.2) is 23.7 Å². The van der Waals surface area contributed by atoms with E-state index in [9.17, 15) is 18.5 Å². The molecule has 2 N–H and O–H groups in total. The average molecular weight is 243 g/mol. The highest BCUT2D eigenvalue weighted by Gasteiger charge is 2.28. The molecule has 0 radical (unpaired) electrons. The summed E-state index contributed by atoms with van der Waals surface area (Å²) in [4.78, 5) is 10.6. The van der Waals surface area contributed by atoms with Gasteiger partial charge in [0.15, 0.2) is 5.03 Å². The maximum absolute atomic E-state index is 11.1. The van der Waals surface area contributed by atoms with Crippen molar-refractivity contribution in [2.45, 2.75) is 11.3 Å². The predicted octanol–water partition coefficient (Wildman–Crippen LogP) is -0.112. The molecule has 0 spiro atoms. The zero-order chi connectivity index (χ0) is 11.9. The first-order valence-electron chi connectivity index (χ1n) is 4.47. The molecule has 1 aromatic rings. The number of benzene rings is 1. The van der Waals surface area contributed by atoms with Crippen molar-refractivity contribution in [2.75, 3.05) is 11.6 Å². The number of hydrogen-bond donors (Lipinski definition) is 1. The fourth-order valence-electron chi connectivity index (χ4n) is 1.71. The maximum Gasteiger partial charge on any atom is 0.238 e. The van der Waals surface area contributed by atoms with Gasteiger partial charge in [0.2, 0.25) is 10.0 Å². The third kappa shape index (κ3) is 1.72. The van der Waals surface area contributed by atoms with Gasteiger partial charge in [-0.15, -0.1) is 0 Å². The molecule has 0 saturated heterocycles. The van der Waals surface area contributed by atoms with Crippen molar-refractivity contribution in [1.82, 2.24) is 0 Å². The number of hydrogen-bond acceptors (Lipinski definition) is 4. The van der Waals surface area contributed by atoms with Crippen LogP contribution < -0.4 is 10.1 Å². The number of fused-ring (bicyclic) bond motifs is 1. The standard InChI is InChI=1S/C8H9N3O4S/c9-16(14,15)7-1-2-8-6(5-7)3-4-10(8)11(12)13/h1-2,5H,3-4H2,(H2,9,14,15). The largest absolute Gasteiger partial charge is 0.238 e. The summed E-state index contributed by atoms with van der Waals surface area (Å²) in [7, 11) is -3.75. The van der Waals surface area contributed by atoms with Gasteiger partial charge in [0, 0.05) is 0 Å². The quantitative estimate of drug-likeness (QED) is 0.576. The van der Waals surface area contributed by atoms with E-state index in [1.165, 1.54) is 18.2 Å². The van der Waals surface area contributed by atoms with Gasteiger partial charge in [0.25, 0.3) is 0 Å². The van der Waals surface area contributed by atoms with Gasteiger partial charge >= 0.3 is 0 Å². The van der Waals surface area contributed by atoms with Gasteiger partial charge in [0.05, 0.1) is 11.4 Å². The Hall–Kier alpha value is -1.67. The molecule has 7 nitrogen and oxygen atoms in total. The Morgan fingerprint density at radius 1 is 1.44 bits per heavy atom. The van der Waals surface area contributed by atoms with Crippen molar-refractivity contribution in [2.24, 2.45) is 5.14 Å². The lowest BCUT2D eigenvalue weighted by molar-refractivity contribution is -0.493. The Bertz CT molecular complexity index is 554. The van der Waals surface area contributed by atoms with Crippen LogP contribution in [0.5, 0.6) is 0 Å². The molecule has 2 rings (SSSR count). The zero-order valence-corrected chi connectivity index (χ0v) is 8.98. The molecule has 0 atom stereocenters. The highest BCUT2D eigenvalue weighted by atomic mass is 32.2. The fourth-order valence-corrected chi connectivity index (χ4v) is 2.27. The highest BCUT2D eigenvalue weighted by Crippen LogP contribution is 2.29. The van der Waals surface area contributed by atoms with Crippen molar-refractivity contribution in [1.29, 1.82) is 0 Å². The van der Waals surface area contributed by atoms with Crippen LogP contribution in [0.4, 0.5) is 5.69 Å². The summed E-state index contributed by atoms with van der Waals surface area (Å²) in [5.74, 6) is 0. The van der Waals surface area contributed by atoms with Gasteiger partial charge in [-0.3, -0.25) is 0 Å². The molecular weight excluding hydrogens is 234 g/mol. The minimum absolute atomic E-state index is 0.0172. The van der Waals surface area contributed by atoms with E-state index in [0.717, 1.165) is 5.01 Å². The predicted molar refractivity (Wildman–Crippen MR) is 55.9 cm³/mol. The summed E-state index contributed by atoms with van der Waals surface area (Å²) < 4.78 is 22.2. The van der Waals surface area contributed by atoms with E-state index in [1.807, 2.05) is 0 Å².